The molecule has 2 rings (SSSR count). The van der Waals surface area contributed by atoms with E-state index in [0.717, 1.165) is 16.0 Å². The number of aryl methyl sites for hydroxylation is 1. The highest BCUT2D eigenvalue weighted by Gasteiger charge is 2.21. The number of carbonyl (C=O) groups excluding carboxylic acids is 2. The number of hydrogen-bond donors (Lipinski definition) is 1. The Hall–Kier alpha value is -1.92. The molecule has 0 aliphatic carbocycles. The summed E-state index contributed by atoms with van der Waals surface area (Å²) >= 11 is 2.95. The van der Waals surface area contributed by atoms with Gasteiger partial charge in [-0.3, -0.25) is 4.79 Å². The van der Waals surface area contributed by atoms with Crippen LogP contribution in [-0.4, -0.2) is 18.5 Å². The van der Waals surface area contributed by atoms with Crippen LogP contribution < -0.4 is 5.32 Å². The molecule has 6 heteroatoms. The van der Waals surface area contributed by atoms with E-state index in [1.54, 1.807) is 24.3 Å². The van der Waals surface area contributed by atoms with Crippen LogP contribution >= 0.6 is 22.7 Å². The Kier molecular flexibility index (Phi) is 5.51. The van der Waals surface area contributed by atoms with Gasteiger partial charge in [0.15, 0.2) is 0 Å². The lowest BCUT2D eigenvalue weighted by Crippen LogP contribution is -2.12. The summed E-state index contributed by atoms with van der Waals surface area (Å²) in [5.41, 5.74) is 2.27. The largest absolute Gasteiger partial charge is 0.462 e. The van der Waals surface area contributed by atoms with Gasteiger partial charge in [0.2, 0.25) is 5.91 Å². The summed E-state index contributed by atoms with van der Waals surface area (Å²) in [6, 6.07) is 1.93. The first-order valence-electron chi connectivity index (χ1n) is 6.81. The molecule has 0 unspecified atom stereocenters. The van der Waals surface area contributed by atoms with E-state index >= 15 is 0 Å². The zero-order valence-corrected chi connectivity index (χ0v) is 14.3. The maximum absolute atomic E-state index is 12.0. The Labute approximate surface area is 137 Å². The summed E-state index contributed by atoms with van der Waals surface area (Å²) in [6.07, 6.45) is 3.20. The Morgan fingerprint density at radius 1 is 1.36 bits per heavy atom. The molecule has 0 aliphatic heterocycles. The molecular formula is C16H17NO3S2. The van der Waals surface area contributed by atoms with Crippen LogP contribution in [0.15, 0.2) is 22.9 Å². The molecule has 1 N–H and O–H groups in total. The van der Waals surface area contributed by atoms with Crippen LogP contribution in [0, 0.1) is 13.8 Å². The van der Waals surface area contributed by atoms with Gasteiger partial charge in [-0.2, -0.15) is 11.3 Å². The standard InChI is InChI=1S/C16H17NO3S2/c1-4-20-16(19)14-10(2)11(3)22-15(14)17-13(18)6-5-12-7-8-21-9-12/h5-9H,4H2,1-3H3,(H,17,18)/b6-5+. The summed E-state index contributed by atoms with van der Waals surface area (Å²) in [5.74, 6) is -0.667. The zero-order chi connectivity index (χ0) is 16.1. The first-order valence-corrected chi connectivity index (χ1v) is 8.57. The minimum Gasteiger partial charge on any atom is -0.462 e. The number of thiophene rings is 2. The van der Waals surface area contributed by atoms with E-state index in [0.29, 0.717) is 17.2 Å². The van der Waals surface area contributed by atoms with Gasteiger partial charge in [0.05, 0.1) is 12.2 Å². The van der Waals surface area contributed by atoms with Crippen molar-refractivity contribution in [1.82, 2.24) is 0 Å². The summed E-state index contributed by atoms with van der Waals surface area (Å²) < 4.78 is 5.06. The van der Waals surface area contributed by atoms with Crippen molar-refractivity contribution in [2.24, 2.45) is 0 Å². The fraction of sp³-hybridized carbons (Fsp3) is 0.250. The quantitative estimate of drug-likeness (QED) is 0.656. The van der Waals surface area contributed by atoms with Gasteiger partial charge in [-0.25, -0.2) is 4.79 Å². The molecule has 2 heterocycles. The van der Waals surface area contributed by atoms with E-state index < -0.39 is 5.97 Å². The highest BCUT2D eigenvalue weighted by atomic mass is 32.1. The minimum absolute atomic E-state index is 0.266. The van der Waals surface area contributed by atoms with Crippen LogP contribution in [-0.2, 0) is 9.53 Å². The Bertz CT molecular complexity index is 699. The SMILES string of the molecule is CCOC(=O)c1c(NC(=O)/C=C/c2ccsc2)sc(C)c1C. The van der Waals surface area contributed by atoms with Gasteiger partial charge in [0.25, 0.3) is 0 Å². The van der Waals surface area contributed by atoms with Crippen LogP contribution in [0.4, 0.5) is 5.00 Å². The zero-order valence-electron chi connectivity index (χ0n) is 12.6. The molecule has 2 aromatic heterocycles. The molecule has 2 aromatic rings. The fourth-order valence-electron chi connectivity index (χ4n) is 1.86. The molecule has 22 heavy (non-hydrogen) atoms. The predicted molar refractivity (Wildman–Crippen MR) is 91.7 cm³/mol. The van der Waals surface area contributed by atoms with E-state index in [9.17, 15) is 9.59 Å². The highest BCUT2D eigenvalue weighted by molar-refractivity contribution is 7.16. The number of hydrogen-bond acceptors (Lipinski definition) is 5. The number of esters is 1. The number of nitrogens with one attached hydrogen (secondary N) is 1. The third kappa shape index (κ3) is 3.84. The van der Waals surface area contributed by atoms with Crippen molar-refractivity contribution in [2.45, 2.75) is 20.8 Å². The maximum atomic E-state index is 12.0. The molecule has 0 saturated heterocycles. The monoisotopic (exact) mass is 335 g/mol. The lowest BCUT2D eigenvalue weighted by molar-refractivity contribution is -0.111. The summed E-state index contributed by atoms with van der Waals surface area (Å²) in [4.78, 5) is 25.0. The van der Waals surface area contributed by atoms with E-state index in [4.69, 9.17) is 4.74 Å². The molecule has 0 saturated carbocycles. The number of ether oxygens (including phenoxy) is 1. The second kappa shape index (κ2) is 7.38. The average Bonchev–Trinajstić information content (AvgIpc) is 3.06. The van der Waals surface area contributed by atoms with Gasteiger partial charge in [0, 0.05) is 11.0 Å². The Balaban J connectivity index is 2.17. The van der Waals surface area contributed by atoms with Crippen LogP contribution in [0.3, 0.4) is 0 Å². The van der Waals surface area contributed by atoms with E-state index in [1.165, 1.54) is 17.4 Å². The van der Waals surface area contributed by atoms with Gasteiger partial charge in [-0.05, 0) is 54.8 Å². The molecule has 116 valence electrons. The lowest BCUT2D eigenvalue weighted by Gasteiger charge is -2.05. The van der Waals surface area contributed by atoms with E-state index in [1.807, 2.05) is 30.7 Å². The number of anilines is 1. The number of amides is 1. The molecule has 0 bridgehead atoms. The average molecular weight is 335 g/mol. The van der Waals surface area contributed by atoms with Crippen LogP contribution in [0.5, 0.6) is 0 Å². The lowest BCUT2D eigenvalue weighted by atomic mass is 10.1. The predicted octanol–water partition coefficient (Wildman–Crippen LogP) is 4.26. The molecule has 0 aromatic carbocycles. The first-order chi connectivity index (χ1) is 10.5. The van der Waals surface area contributed by atoms with Gasteiger partial charge >= 0.3 is 5.97 Å². The van der Waals surface area contributed by atoms with E-state index in [2.05, 4.69) is 5.32 Å². The van der Waals surface area contributed by atoms with Gasteiger partial charge in [-0.15, -0.1) is 11.3 Å². The van der Waals surface area contributed by atoms with Crippen LogP contribution in [0.1, 0.15) is 33.3 Å². The second-order valence-corrected chi connectivity index (χ2v) is 6.59. The van der Waals surface area contributed by atoms with Gasteiger partial charge < -0.3 is 10.1 Å². The number of rotatable bonds is 5. The van der Waals surface area contributed by atoms with Crippen molar-refractivity contribution in [3.8, 4) is 0 Å². The first kappa shape index (κ1) is 16.5. The van der Waals surface area contributed by atoms with Gasteiger partial charge in [-0.1, -0.05) is 0 Å². The van der Waals surface area contributed by atoms with Gasteiger partial charge in [0.1, 0.15) is 5.00 Å². The van der Waals surface area contributed by atoms with E-state index in [-0.39, 0.29) is 5.91 Å². The summed E-state index contributed by atoms with van der Waals surface area (Å²) in [6.45, 7) is 5.83. The van der Waals surface area contributed by atoms with Crippen molar-refractivity contribution < 1.29 is 14.3 Å². The smallest absolute Gasteiger partial charge is 0.341 e. The van der Waals surface area contributed by atoms with Crippen molar-refractivity contribution >= 4 is 45.6 Å². The molecule has 0 radical (unpaired) electrons. The summed E-state index contributed by atoms with van der Waals surface area (Å²) in [7, 11) is 0. The third-order valence-electron chi connectivity index (χ3n) is 3.07. The highest BCUT2D eigenvalue weighted by Crippen LogP contribution is 2.33. The molecule has 1 amide bonds. The Morgan fingerprint density at radius 3 is 2.77 bits per heavy atom. The normalized spacial score (nSPS) is 10.9. The van der Waals surface area contributed by atoms with Crippen molar-refractivity contribution in [2.75, 3.05) is 11.9 Å². The molecule has 0 aliphatic rings. The Morgan fingerprint density at radius 2 is 2.14 bits per heavy atom. The maximum Gasteiger partial charge on any atom is 0.341 e. The van der Waals surface area contributed by atoms with Crippen molar-refractivity contribution in [3.63, 3.8) is 0 Å². The molecule has 0 atom stereocenters. The van der Waals surface area contributed by atoms with Crippen LogP contribution in [0.25, 0.3) is 6.08 Å². The minimum atomic E-state index is -0.401. The van der Waals surface area contributed by atoms with Crippen molar-refractivity contribution in [3.05, 3.63) is 44.5 Å². The summed E-state index contributed by atoms with van der Waals surface area (Å²) in [5, 5.41) is 7.20. The molecule has 4 nitrogen and oxygen atoms in total. The van der Waals surface area contributed by atoms with Crippen molar-refractivity contribution in [1.29, 1.82) is 0 Å². The third-order valence-corrected chi connectivity index (χ3v) is 4.90. The van der Waals surface area contributed by atoms with Crippen LogP contribution in [0.2, 0.25) is 0 Å². The topological polar surface area (TPSA) is 55.4 Å². The second-order valence-electron chi connectivity index (χ2n) is 4.59. The number of carbonyl (C=O) groups is 2. The molecular weight excluding hydrogens is 318 g/mol. The molecule has 0 spiro atoms. The molecule has 0 fully saturated rings. The fourth-order valence-corrected chi connectivity index (χ4v) is 3.54.